The van der Waals surface area contributed by atoms with Crippen molar-refractivity contribution in [3.05, 3.63) is 66.0 Å². The Kier molecular flexibility index (Phi) is 2.54. The van der Waals surface area contributed by atoms with E-state index in [9.17, 15) is 0 Å². The first-order valence-corrected chi connectivity index (χ1v) is 5.67. The molecule has 1 heterocycles. The minimum absolute atomic E-state index is 0.900. The molecule has 0 bridgehead atoms. The summed E-state index contributed by atoms with van der Waals surface area (Å²) in [5.74, 6) is 0. The lowest BCUT2D eigenvalue weighted by molar-refractivity contribution is 1.20. The van der Waals surface area contributed by atoms with Crippen molar-refractivity contribution >= 4 is 17.1 Å². The highest BCUT2D eigenvalue weighted by atomic mass is 14.8. The molecule has 82 valence electrons. The second kappa shape index (κ2) is 4.34. The summed E-state index contributed by atoms with van der Waals surface area (Å²) in [6.45, 7) is 0. The van der Waals surface area contributed by atoms with Gasteiger partial charge in [-0.1, -0.05) is 36.4 Å². The van der Waals surface area contributed by atoms with E-state index < -0.39 is 0 Å². The summed E-state index contributed by atoms with van der Waals surface area (Å²) < 4.78 is 0. The Morgan fingerprint density at radius 3 is 2.94 bits per heavy atom. The monoisotopic (exact) mass is 220 g/mol. The molecule has 2 nitrogen and oxygen atoms in total. The maximum absolute atomic E-state index is 4.54. The summed E-state index contributed by atoms with van der Waals surface area (Å²) in [7, 11) is 0. The maximum atomic E-state index is 4.54. The highest BCUT2D eigenvalue weighted by molar-refractivity contribution is 5.85. The molecule has 0 saturated heterocycles. The van der Waals surface area contributed by atoms with Crippen LogP contribution in [0.3, 0.4) is 0 Å². The van der Waals surface area contributed by atoms with Gasteiger partial charge in [-0.05, 0) is 18.2 Å². The smallest absolute Gasteiger partial charge is 0.0820 e. The number of hydrogen-bond donors (Lipinski definition) is 0. The molecule has 1 aliphatic carbocycles. The molecule has 17 heavy (non-hydrogen) atoms. The fraction of sp³-hybridized carbons (Fsp3) is 0.0667. The van der Waals surface area contributed by atoms with E-state index in [0.717, 1.165) is 28.7 Å². The molecular weight excluding hydrogens is 208 g/mol. The summed E-state index contributed by atoms with van der Waals surface area (Å²) in [4.78, 5) is 8.95. The van der Waals surface area contributed by atoms with Gasteiger partial charge in [0.05, 0.1) is 17.4 Å². The molecule has 2 aromatic rings. The predicted molar refractivity (Wildman–Crippen MR) is 71.2 cm³/mol. The zero-order valence-electron chi connectivity index (χ0n) is 9.38. The van der Waals surface area contributed by atoms with Crippen molar-refractivity contribution in [3.63, 3.8) is 0 Å². The lowest BCUT2D eigenvalue weighted by Crippen LogP contribution is -1.88. The van der Waals surface area contributed by atoms with Crippen LogP contribution in [0.5, 0.6) is 0 Å². The average Bonchev–Trinajstić information content (AvgIpc) is 2.89. The summed E-state index contributed by atoms with van der Waals surface area (Å²) in [6, 6.07) is 12.2. The molecule has 0 amide bonds. The van der Waals surface area contributed by atoms with Gasteiger partial charge >= 0.3 is 0 Å². The van der Waals surface area contributed by atoms with E-state index in [0.29, 0.717) is 0 Å². The molecule has 0 atom stereocenters. The normalized spacial score (nSPS) is 14.7. The molecule has 0 radical (unpaired) electrons. The van der Waals surface area contributed by atoms with Crippen molar-refractivity contribution in [1.82, 2.24) is 4.98 Å². The number of hydrogen-bond acceptors (Lipinski definition) is 2. The van der Waals surface area contributed by atoms with E-state index in [1.165, 1.54) is 0 Å². The third-order valence-electron chi connectivity index (χ3n) is 2.73. The first-order chi connectivity index (χ1) is 8.42. The van der Waals surface area contributed by atoms with E-state index in [4.69, 9.17) is 0 Å². The summed E-state index contributed by atoms with van der Waals surface area (Å²) in [5.41, 5.74) is 2.99. The van der Waals surface area contributed by atoms with Crippen LogP contribution in [0.4, 0.5) is 0 Å². The van der Waals surface area contributed by atoms with Crippen molar-refractivity contribution in [1.29, 1.82) is 0 Å². The maximum Gasteiger partial charge on any atom is 0.0820 e. The standard InChI is InChI=1S/C15H12N2/c1-4-8-15-12(5-1)9-10-14(17-15)11-16-13-6-2-3-7-13/h1-6,8-11H,7H2. The predicted octanol–water partition coefficient (Wildman–Crippen LogP) is 3.50. The third kappa shape index (κ3) is 2.16. The second-order valence-corrected chi connectivity index (χ2v) is 3.98. The molecule has 0 N–H and O–H groups in total. The van der Waals surface area contributed by atoms with Crippen LogP contribution in [0.1, 0.15) is 12.1 Å². The van der Waals surface area contributed by atoms with Crippen LogP contribution in [-0.2, 0) is 0 Å². The van der Waals surface area contributed by atoms with Gasteiger partial charge in [0.1, 0.15) is 0 Å². The lowest BCUT2D eigenvalue weighted by Gasteiger charge is -1.98. The van der Waals surface area contributed by atoms with Crippen LogP contribution in [0.25, 0.3) is 10.9 Å². The number of fused-ring (bicyclic) bond motifs is 1. The van der Waals surface area contributed by atoms with Crippen LogP contribution in [0.15, 0.2) is 65.3 Å². The van der Waals surface area contributed by atoms with Gasteiger partial charge in [-0.25, -0.2) is 4.98 Å². The lowest BCUT2D eigenvalue weighted by atomic mass is 10.2. The van der Waals surface area contributed by atoms with Crippen LogP contribution >= 0.6 is 0 Å². The van der Waals surface area contributed by atoms with Gasteiger partial charge in [-0.15, -0.1) is 0 Å². The highest BCUT2D eigenvalue weighted by Gasteiger charge is 1.97. The zero-order valence-corrected chi connectivity index (χ0v) is 9.38. The molecule has 2 heteroatoms. The number of rotatable bonds is 2. The third-order valence-corrected chi connectivity index (χ3v) is 2.73. The fourth-order valence-electron chi connectivity index (χ4n) is 1.83. The van der Waals surface area contributed by atoms with Crippen molar-refractivity contribution in [2.75, 3.05) is 0 Å². The molecule has 3 rings (SSSR count). The Bertz CT molecular complexity index is 636. The molecule has 1 aliphatic rings. The second-order valence-electron chi connectivity index (χ2n) is 3.98. The molecular formula is C15H12N2. The van der Waals surface area contributed by atoms with E-state index >= 15 is 0 Å². The molecule has 0 spiro atoms. The van der Waals surface area contributed by atoms with E-state index in [1.54, 1.807) is 0 Å². The molecule has 0 fully saturated rings. The Hall–Kier alpha value is -2.22. The average molecular weight is 220 g/mol. The molecule has 1 aromatic carbocycles. The first kappa shape index (κ1) is 9.97. The number of nitrogens with zero attached hydrogens (tertiary/aromatic N) is 2. The van der Waals surface area contributed by atoms with Crippen molar-refractivity contribution in [2.45, 2.75) is 6.42 Å². The van der Waals surface area contributed by atoms with Crippen LogP contribution in [0.2, 0.25) is 0 Å². The SMILES string of the molecule is C1=CCC(N=Cc2ccc3ccccc3n2)=C1. The largest absolute Gasteiger partial charge is 0.259 e. The van der Waals surface area contributed by atoms with Gasteiger partial charge in [0.2, 0.25) is 0 Å². The quantitative estimate of drug-likeness (QED) is 0.711. The van der Waals surface area contributed by atoms with E-state index in [1.807, 2.05) is 42.6 Å². The van der Waals surface area contributed by atoms with Crippen LogP contribution < -0.4 is 0 Å². The highest BCUT2D eigenvalue weighted by Crippen LogP contribution is 2.13. The molecule has 0 unspecified atom stereocenters. The number of para-hydroxylation sites is 1. The number of benzene rings is 1. The summed E-state index contributed by atoms with van der Waals surface area (Å²) in [5, 5.41) is 1.16. The van der Waals surface area contributed by atoms with Crippen molar-refractivity contribution < 1.29 is 0 Å². The van der Waals surface area contributed by atoms with Crippen molar-refractivity contribution in [3.8, 4) is 0 Å². The van der Waals surface area contributed by atoms with E-state index in [-0.39, 0.29) is 0 Å². The van der Waals surface area contributed by atoms with E-state index in [2.05, 4.69) is 28.2 Å². The Morgan fingerprint density at radius 2 is 2.06 bits per heavy atom. The molecule has 0 aliphatic heterocycles. The number of allylic oxidation sites excluding steroid dienone is 3. The van der Waals surface area contributed by atoms with Gasteiger partial charge in [-0.2, -0.15) is 0 Å². The van der Waals surface area contributed by atoms with Gasteiger partial charge in [-0.3, -0.25) is 4.99 Å². The van der Waals surface area contributed by atoms with Crippen molar-refractivity contribution in [2.24, 2.45) is 4.99 Å². The van der Waals surface area contributed by atoms with Crippen LogP contribution in [0, 0.1) is 0 Å². The summed E-state index contributed by atoms with van der Waals surface area (Å²) >= 11 is 0. The minimum atomic E-state index is 0.900. The Labute approximate surface area is 100 Å². The van der Waals surface area contributed by atoms with Crippen LogP contribution in [-0.4, -0.2) is 11.2 Å². The first-order valence-electron chi connectivity index (χ1n) is 5.67. The number of aliphatic imine (C=N–C) groups is 1. The zero-order chi connectivity index (χ0) is 11.5. The minimum Gasteiger partial charge on any atom is -0.259 e. The summed E-state index contributed by atoms with van der Waals surface area (Å²) in [6.07, 6.45) is 8.90. The fourth-order valence-corrected chi connectivity index (χ4v) is 1.83. The Morgan fingerprint density at radius 1 is 1.12 bits per heavy atom. The topological polar surface area (TPSA) is 25.2 Å². The van der Waals surface area contributed by atoms with Gasteiger partial charge < -0.3 is 0 Å². The number of pyridine rings is 1. The molecule has 0 saturated carbocycles. The molecule has 1 aromatic heterocycles. The number of aromatic nitrogens is 1. The Balaban J connectivity index is 1.90. The van der Waals surface area contributed by atoms with Gasteiger partial charge in [0.25, 0.3) is 0 Å². The van der Waals surface area contributed by atoms with Gasteiger partial charge in [0.15, 0.2) is 0 Å². The van der Waals surface area contributed by atoms with Gasteiger partial charge in [0, 0.05) is 17.5 Å².